The van der Waals surface area contributed by atoms with E-state index in [0.717, 1.165) is 24.0 Å². The van der Waals surface area contributed by atoms with E-state index in [1.807, 2.05) is 0 Å². The van der Waals surface area contributed by atoms with Crippen molar-refractivity contribution in [2.24, 2.45) is 11.7 Å². The Labute approximate surface area is 108 Å². The topological polar surface area (TPSA) is 42.2 Å². The summed E-state index contributed by atoms with van der Waals surface area (Å²) in [5, 5.41) is 3.34. The van der Waals surface area contributed by atoms with E-state index < -0.39 is 0 Å². The molecule has 2 heterocycles. The zero-order valence-corrected chi connectivity index (χ0v) is 11.8. The van der Waals surface area contributed by atoms with Gasteiger partial charge >= 0.3 is 0 Å². The average Bonchev–Trinajstić information content (AvgIpc) is 2.75. The number of aryl methyl sites for hydroxylation is 1. The third kappa shape index (κ3) is 2.87. The van der Waals surface area contributed by atoms with E-state index >= 15 is 0 Å². The Morgan fingerprint density at radius 2 is 2.41 bits per heavy atom. The molecule has 3 unspecified atom stereocenters. The molecular weight excluding hydrogens is 230 g/mol. The van der Waals surface area contributed by atoms with Crippen molar-refractivity contribution < 1.29 is 0 Å². The lowest BCUT2D eigenvalue weighted by atomic mass is 9.91. The highest BCUT2D eigenvalue weighted by molar-refractivity contribution is 7.09. The number of nitrogens with two attached hydrogens (primary N) is 1. The average molecular weight is 253 g/mol. The van der Waals surface area contributed by atoms with Gasteiger partial charge in [0.25, 0.3) is 0 Å². The SMILES string of the molecule is Cc1nc(C(C)N2CCC(C)CC2CN)cs1. The molecule has 17 heavy (non-hydrogen) atoms. The van der Waals surface area contributed by atoms with Crippen LogP contribution >= 0.6 is 11.3 Å². The summed E-state index contributed by atoms with van der Waals surface area (Å²) in [7, 11) is 0. The standard InChI is InChI=1S/C13H23N3S/c1-9-4-5-16(12(6-9)7-14)10(2)13-8-17-11(3)15-13/h8-10,12H,4-7,14H2,1-3H3. The van der Waals surface area contributed by atoms with Gasteiger partial charge in [-0.3, -0.25) is 4.90 Å². The fourth-order valence-electron chi connectivity index (χ4n) is 2.75. The van der Waals surface area contributed by atoms with E-state index in [2.05, 4.69) is 36.0 Å². The van der Waals surface area contributed by atoms with Crippen molar-refractivity contribution in [3.05, 3.63) is 16.1 Å². The van der Waals surface area contributed by atoms with Crippen molar-refractivity contribution in [3.8, 4) is 0 Å². The van der Waals surface area contributed by atoms with Gasteiger partial charge in [0.1, 0.15) is 0 Å². The summed E-state index contributed by atoms with van der Waals surface area (Å²) in [6.45, 7) is 8.57. The predicted molar refractivity (Wildman–Crippen MR) is 73.2 cm³/mol. The number of likely N-dealkylation sites (tertiary alicyclic amines) is 1. The normalized spacial score (nSPS) is 28.2. The fourth-order valence-corrected chi connectivity index (χ4v) is 3.45. The van der Waals surface area contributed by atoms with E-state index in [9.17, 15) is 0 Å². The Morgan fingerprint density at radius 1 is 1.65 bits per heavy atom. The molecule has 1 fully saturated rings. The van der Waals surface area contributed by atoms with E-state index in [1.165, 1.54) is 18.5 Å². The van der Waals surface area contributed by atoms with E-state index in [4.69, 9.17) is 5.73 Å². The summed E-state index contributed by atoms with van der Waals surface area (Å²) >= 11 is 1.74. The van der Waals surface area contributed by atoms with Crippen LogP contribution in [-0.2, 0) is 0 Å². The lowest BCUT2D eigenvalue weighted by Gasteiger charge is -2.41. The minimum Gasteiger partial charge on any atom is -0.329 e. The van der Waals surface area contributed by atoms with Crippen molar-refractivity contribution in [2.45, 2.75) is 45.7 Å². The molecule has 2 N–H and O–H groups in total. The first-order valence-electron chi connectivity index (χ1n) is 6.49. The van der Waals surface area contributed by atoms with Gasteiger partial charge < -0.3 is 5.73 Å². The summed E-state index contributed by atoms with van der Waals surface area (Å²) in [4.78, 5) is 7.15. The minimum atomic E-state index is 0.404. The minimum absolute atomic E-state index is 0.404. The molecule has 0 saturated carbocycles. The quantitative estimate of drug-likeness (QED) is 0.900. The third-order valence-corrected chi connectivity index (χ3v) is 4.65. The predicted octanol–water partition coefficient (Wildman–Crippen LogP) is 2.57. The van der Waals surface area contributed by atoms with Crippen LogP contribution < -0.4 is 5.73 Å². The zero-order chi connectivity index (χ0) is 12.4. The summed E-state index contributed by atoms with van der Waals surface area (Å²) < 4.78 is 0. The molecule has 3 atom stereocenters. The zero-order valence-electron chi connectivity index (χ0n) is 11.0. The molecule has 0 aromatic carbocycles. The van der Waals surface area contributed by atoms with Gasteiger partial charge in [-0.25, -0.2) is 4.98 Å². The first-order chi connectivity index (χ1) is 8.11. The maximum Gasteiger partial charge on any atom is 0.0898 e. The Bertz CT molecular complexity index is 363. The highest BCUT2D eigenvalue weighted by atomic mass is 32.1. The monoisotopic (exact) mass is 253 g/mol. The van der Waals surface area contributed by atoms with Crippen LogP contribution in [0.4, 0.5) is 0 Å². The van der Waals surface area contributed by atoms with E-state index in [0.29, 0.717) is 12.1 Å². The molecule has 1 aromatic rings. The molecule has 1 saturated heterocycles. The van der Waals surface area contributed by atoms with Crippen molar-refractivity contribution in [1.82, 2.24) is 9.88 Å². The number of hydrogen-bond donors (Lipinski definition) is 1. The fraction of sp³-hybridized carbons (Fsp3) is 0.769. The van der Waals surface area contributed by atoms with Gasteiger partial charge in [-0.1, -0.05) is 6.92 Å². The van der Waals surface area contributed by atoms with Gasteiger partial charge in [-0.2, -0.15) is 0 Å². The summed E-state index contributed by atoms with van der Waals surface area (Å²) in [6, 6.07) is 0.928. The van der Waals surface area contributed by atoms with E-state index in [-0.39, 0.29) is 0 Å². The lowest BCUT2D eigenvalue weighted by molar-refractivity contribution is 0.0818. The molecule has 1 aromatic heterocycles. The number of piperidine rings is 1. The second kappa shape index (κ2) is 5.46. The number of hydrogen-bond acceptors (Lipinski definition) is 4. The summed E-state index contributed by atoms with van der Waals surface area (Å²) in [6.07, 6.45) is 2.51. The van der Waals surface area contributed by atoms with Gasteiger partial charge in [-0.15, -0.1) is 11.3 Å². The van der Waals surface area contributed by atoms with Crippen molar-refractivity contribution in [2.75, 3.05) is 13.1 Å². The molecule has 2 rings (SSSR count). The van der Waals surface area contributed by atoms with Gasteiger partial charge in [-0.05, 0) is 39.2 Å². The number of rotatable bonds is 3. The van der Waals surface area contributed by atoms with Crippen LogP contribution in [-0.4, -0.2) is 29.0 Å². The van der Waals surface area contributed by atoms with Crippen LogP contribution in [0.3, 0.4) is 0 Å². The smallest absolute Gasteiger partial charge is 0.0898 e. The molecule has 0 bridgehead atoms. The molecule has 0 spiro atoms. The summed E-state index contributed by atoms with van der Waals surface area (Å²) in [5.41, 5.74) is 7.13. The number of nitrogens with zero attached hydrogens (tertiary/aromatic N) is 2. The molecule has 0 amide bonds. The van der Waals surface area contributed by atoms with Crippen LogP contribution in [0, 0.1) is 12.8 Å². The Balaban J connectivity index is 2.09. The molecule has 4 heteroatoms. The molecule has 1 aliphatic heterocycles. The maximum absolute atomic E-state index is 5.92. The molecular formula is C13H23N3S. The summed E-state index contributed by atoms with van der Waals surface area (Å²) in [5.74, 6) is 0.809. The Morgan fingerprint density at radius 3 is 3.00 bits per heavy atom. The van der Waals surface area contributed by atoms with E-state index in [1.54, 1.807) is 11.3 Å². The van der Waals surface area contributed by atoms with Crippen molar-refractivity contribution in [1.29, 1.82) is 0 Å². The van der Waals surface area contributed by atoms with Crippen LogP contribution in [0.1, 0.15) is 43.4 Å². The van der Waals surface area contributed by atoms with Crippen LogP contribution in [0.2, 0.25) is 0 Å². The van der Waals surface area contributed by atoms with Crippen molar-refractivity contribution >= 4 is 11.3 Å². The second-order valence-corrected chi connectivity index (χ2v) is 6.29. The molecule has 3 nitrogen and oxygen atoms in total. The van der Waals surface area contributed by atoms with Gasteiger partial charge in [0, 0.05) is 18.0 Å². The number of aromatic nitrogens is 1. The Kier molecular flexibility index (Phi) is 4.17. The first-order valence-corrected chi connectivity index (χ1v) is 7.37. The maximum atomic E-state index is 5.92. The largest absolute Gasteiger partial charge is 0.329 e. The first kappa shape index (κ1) is 13.0. The second-order valence-electron chi connectivity index (χ2n) is 5.22. The third-order valence-electron chi connectivity index (χ3n) is 3.86. The van der Waals surface area contributed by atoms with Gasteiger partial charge in [0.05, 0.1) is 16.7 Å². The molecule has 1 aliphatic rings. The molecule has 0 aliphatic carbocycles. The number of thiazole rings is 1. The van der Waals surface area contributed by atoms with Crippen LogP contribution in [0.5, 0.6) is 0 Å². The Hall–Kier alpha value is -0.450. The molecule has 96 valence electrons. The molecule has 0 radical (unpaired) electrons. The lowest BCUT2D eigenvalue weighted by Crippen LogP contribution is -2.47. The highest BCUT2D eigenvalue weighted by Crippen LogP contribution is 2.30. The highest BCUT2D eigenvalue weighted by Gasteiger charge is 2.30. The van der Waals surface area contributed by atoms with Gasteiger partial charge in [0.15, 0.2) is 0 Å². The van der Waals surface area contributed by atoms with Crippen LogP contribution in [0.15, 0.2) is 5.38 Å². The van der Waals surface area contributed by atoms with Crippen molar-refractivity contribution in [3.63, 3.8) is 0 Å². The van der Waals surface area contributed by atoms with Crippen LogP contribution in [0.25, 0.3) is 0 Å². The van der Waals surface area contributed by atoms with Gasteiger partial charge in [0.2, 0.25) is 0 Å².